The van der Waals surface area contributed by atoms with Gasteiger partial charge < -0.3 is 15.5 Å². The van der Waals surface area contributed by atoms with Crippen molar-refractivity contribution in [3.05, 3.63) is 0 Å². The van der Waals surface area contributed by atoms with Crippen molar-refractivity contribution in [3.63, 3.8) is 0 Å². The first-order valence-electron chi connectivity index (χ1n) is 7.65. The summed E-state index contributed by atoms with van der Waals surface area (Å²) < 4.78 is 0. The standard InChI is InChI=1S/C15H28N8/c1-9(2)11(22(5)6)17-14-19-13(16)20-15(21-14)18-12(10(3)4)23(7)8/h9-10H,1-8H3,(H2,16,19,20,21). The van der Waals surface area contributed by atoms with Gasteiger partial charge in [-0.15, -0.1) is 0 Å². The highest BCUT2D eigenvalue weighted by Crippen LogP contribution is 2.16. The van der Waals surface area contributed by atoms with Gasteiger partial charge in [0.2, 0.25) is 5.95 Å². The summed E-state index contributed by atoms with van der Waals surface area (Å²) in [7, 11) is 7.74. The number of amidine groups is 2. The van der Waals surface area contributed by atoms with Crippen molar-refractivity contribution in [3.8, 4) is 0 Å². The van der Waals surface area contributed by atoms with Crippen LogP contribution in [-0.2, 0) is 0 Å². The van der Waals surface area contributed by atoms with Gasteiger partial charge in [-0.2, -0.15) is 24.9 Å². The summed E-state index contributed by atoms with van der Waals surface area (Å²) in [5.41, 5.74) is 5.79. The Bertz CT molecular complexity index is 519. The highest BCUT2D eigenvalue weighted by molar-refractivity contribution is 5.86. The fourth-order valence-electron chi connectivity index (χ4n) is 2.17. The zero-order valence-electron chi connectivity index (χ0n) is 15.4. The molecule has 2 N–H and O–H groups in total. The van der Waals surface area contributed by atoms with E-state index in [9.17, 15) is 0 Å². The van der Waals surface area contributed by atoms with E-state index in [1.54, 1.807) is 0 Å². The van der Waals surface area contributed by atoms with Crippen molar-refractivity contribution in [2.75, 3.05) is 33.9 Å². The molecule has 0 radical (unpaired) electrons. The zero-order valence-corrected chi connectivity index (χ0v) is 15.4. The average molecular weight is 320 g/mol. The van der Waals surface area contributed by atoms with Gasteiger partial charge in [-0.3, -0.25) is 0 Å². The van der Waals surface area contributed by atoms with Crippen LogP contribution in [0.4, 0.5) is 17.8 Å². The van der Waals surface area contributed by atoms with Crippen LogP contribution in [0.15, 0.2) is 9.98 Å². The van der Waals surface area contributed by atoms with Crippen molar-refractivity contribution >= 4 is 29.5 Å². The molecular weight excluding hydrogens is 292 g/mol. The third-order valence-electron chi connectivity index (χ3n) is 3.01. The number of hydrogen-bond donors (Lipinski definition) is 1. The molecule has 0 saturated carbocycles. The Hall–Kier alpha value is -2.25. The molecule has 8 heteroatoms. The Kier molecular flexibility index (Phi) is 6.41. The Balaban J connectivity index is 3.33. The molecular formula is C15H28N8. The average Bonchev–Trinajstić information content (AvgIpc) is 2.40. The topological polar surface area (TPSA) is 95.9 Å². The molecule has 0 bridgehead atoms. The molecule has 0 aliphatic rings. The Morgan fingerprint density at radius 3 is 1.39 bits per heavy atom. The molecule has 8 nitrogen and oxygen atoms in total. The first kappa shape index (κ1) is 18.8. The molecule has 0 fully saturated rings. The number of nitrogens with two attached hydrogens (primary N) is 1. The monoisotopic (exact) mass is 320 g/mol. The molecule has 0 aliphatic heterocycles. The lowest BCUT2D eigenvalue weighted by Gasteiger charge is -2.19. The summed E-state index contributed by atoms with van der Waals surface area (Å²) in [4.78, 5) is 25.4. The zero-order chi connectivity index (χ0) is 17.7. The van der Waals surface area contributed by atoms with Crippen LogP contribution in [0.3, 0.4) is 0 Å². The smallest absolute Gasteiger partial charge is 0.257 e. The summed E-state index contributed by atoms with van der Waals surface area (Å²) in [6, 6.07) is 0. The third-order valence-corrected chi connectivity index (χ3v) is 3.01. The molecule has 0 aromatic carbocycles. The van der Waals surface area contributed by atoms with Crippen molar-refractivity contribution in [2.45, 2.75) is 27.7 Å². The van der Waals surface area contributed by atoms with E-state index in [-0.39, 0.29) is 29.7 Å². The van der Waals surface area contributed by atoms with Crippen LogP contribution >= 0.6 is 0 Å². The summed E-state index contributed by atoms with van der Waals surface area (Å²) in [5.74, 6) is 2.86. The Morgan fingerprint density at radius 1 is 0.783 bits per heavy atom. The van der Waals surface area contributed by atoms with Gasteiger partial charge in [0.05, 0.1) is 0 Å². The van der Waals surface area contributed by atoms with E-state index >= 15 is 0 Å². The summed E-state index contributed by atoms with van der Waals surface area (Å²) in [6.07, 6.45) is 0. The molecule has 1 heterocycles. The van der Waals surface area contributed by atoms with Crippen molar-refractivity contribution in [1.82, 2.24) is 24.8 Å². The van der Waals surface area contributed by atoms with Gasteiger partial charge in [0, 0.05) is 40.0 Å². The van der Waals surface area contributed by atoms with Crippen LogP contribution in [0.2, 0.25) is 0 Å². The molecule has 0 unspecified atom stereocenters. The van der Waals surface area contributed by atoms with Gasteiger partial charge in [0.1, 0.15) is 11.7 Å². The summed E-state index contributed by atoms with van der Waals surface area (Å²) >= 11 is 0. The SMILES string of the molecule is CC(C)C(=Nc1nc(N)nc(N=C(C(C)C)N(C)C)n1)N(C)C. The van der Waals surface area contributed by atoms with E-state index in [0.717, 1.165) is 11.7 Å². The third kappa shape index (κ3) is 5.46. The van der Waals surface area contributed by atoms with Crippen LogP contribution in [0.25, 0.3) is 0 Å². The number of hydrogen-bond acceptors (Lipinski definition) is 6. The normalized spacial score (nSPS) is 13.0. The van der Waals surface area contributed by atoms with E-state index in [1.807, 2.05) is 38.0 Å². The number of rotatable bonds is 4. The second kappa shape index (κ2) is 7.85. The molecule has 0 aliphatic carbocycles. The van der Waals surface area contributed by atoms with Crippen LogP contribution in [0.5, 0.6) is 0 Å². The van der Waals surface area contributed by atoms with Crippen LogP contribution in [0.1, 0.15) is 27.7 Å². The van der Waals surface area contributed by atoms with Gasteiger partial charge in [-0.1, -0.05) is 27.7 Å². The molecule has 1 rings (SSSR count). The van der Waals surface area contributed by atoms with E-state index in [1.165, 1.54) is 0 Å². The van der Waals surface area contributed by atoms with Gasteiger partial charge in [-0.05, 0) is 0 Å². The van der Waals surface area contributed by atoms with Gasteiger partial charge in [0.15, 0.2) is 0 Å². The lowest BCUT2D eigenvalue weighted by atomic mass is 10.2. The molecule has 0 spiro atoms. The summed E-state index contributed by atoms with van der Waals surface area (Å²) in [6.45, 7) is 8.24. The van der Waals surface area contributed by atoms with E-state index in [4.69, 9.17) is 5.73 Å². The second-order valence-corrected chi connectivity index (χ2v) is 6.33. The van der Waals surface area contributed by atoms with E-state index < -0.39 is 0 Å². The maximum atomic E-state index is 5.79. The molecule has 128 valence electrons. The molecule has 0 amide bonds. The molecule has 0 saturated heterocycles. The first-order valence-corrected chi connectivity index (χ1v) is 7.65. The fraction of sp³-hybridized carbons (Fsp3) is 0.667. The van der Waals surface area contributed by atoms with Gasteiger partial charge in [0.25, 0.3) is 11.9 Å². The van der Waals surface area contributed by atoms with Crippen molar-refractivity contribution in [2.24, 2.45) is 21.8 Å². The van der Waals surface area contributed by atoms with Crippen LogP contribution < -0.4 is 5.73 Å². The highest BCUT2D eigenvalue weighted by atomic mass is 15.3. The fourth-order valence-corrected chi connectivity index (χ4v) is 2.17. The molecule has 0 atom stereocenters. The number of aliphatic imine (C=N–C) groups is 2. The molecule has 1 aromatic heterocycles. The number of nitrogens with zero attached hydrogens (tertiary/aromatic N) is 7. The van der Waals surface area contributed by atoms with Crippen LogP contribution in [0, 0.1) is 11.8 Å². The van der Waals surface area contributed by atoms with E-state index in [2.05, 4.69) is 52.6 Å². The Labute approximate surface area is 138 Å². The maximum absolute atomic E-state index is 5.79. The quantitative estimate of drug-likeness (QED) is 0.673. The molecule has 1 aromatic rings. The van der Waals surface area contributed by atoms with Gasteiger partial charge in [-0.25, -0.2) is 0 Å². The number of nitrogen functional groups attached to an aromatic ring is 1. The Morgan fingerprint density at radius 2 is 1.13 bits per heavy atom. The molecule has 23 heavy (non-hydrogen) atoms. The minimum absolute atomic E-state index is 0.112. The highest BCUT2D eigenvalue weighted by Gasteiger charge is 2.12. The lowest BCUT2D eigenvalue weighted by molar-refractivity contribution is 0.573. The van der Waals surface area contributed by atoms with Crippen molar-refractivity contribution in [1.29, 1.82) is 0 Å². The lowest BCUT2D eigenvalue weighted by Crippen LogP contribution is -2.27. The van der Waals surface area contributed by atoms with Crippen LogP contribution in [-0.4, -0.2) is 64.6 Å². The largest absolute Gasteiger partial charge is 0.368 e. The van der Waals surface area contributed by atoms with E-state index in [0.29, 0.717) is 0 Å². The first-order chi connectivity index (χ1) is 10.6. The minimum Gasteiger partial charge on any atom is -0.368 e. The predicted molar refractivity (Wildman–Crippen MR) is 95.5 cm³/mol. The second-order valence-electron chi connectivity index (χ2n) is 6.33. The minimum atomic E-state index is 0.112. The number of aromatic nitrogens is 3. The maximum Gasteiger partial charge on any atom is 0.257 e. The van der Waals surface area contributed by atoms with Crippen molar-refractivity contribution < 1.29 is 0 Å². The predicted octanol–water partition coefficient (Wildman–Crippen LogP) is 1.95. The van der Waals surface area contributed by atoms with Gasteiger partial charge >= 0.3 is 0 Å². The number of anilines is 1. The summed E-state index contributed by atoms with van der Waals surface area (Å²) in [5, 5.41) is 0.